The third-order valence-electron chi connectivity index (χ3n) is 3.99. The molecule has 1 amide bonds. The first-order valence-electron chi connectivity index (χ1n) is 8.77. The van der Waals surface area contributed by atoms with E-state index >= 15 is 0 Å². The molecule has 1 N–H and O–H groups in total. The number of rotatable bonds is 8. The van der Waals surface area contributed by atoms with Gasteiger partial charge in [0, 0.05) is 18.7 Å². The van der Waals surface area contributed by atoms with Crippen LogP contribution >= 0.6 is 11.6 Å². The number of anilines is 1. The van der Waals surface area contributed by atoms with Crippen LogP contribution in [0.4, 0.5) is 5.69 Å². The van der Waals surface area contributed by atoms with Crippen molar-refractivity contribution in [2.45, 2.75) is 6.92 Å². The number of ether oxygens (including phenoxy) is 3. The van der Waals surface area contributed by atoms with E-state index in [2.05, 4.69) is 10.3 Å². The van der Waals surface area contributed by atoms with Gasteiger partial charge in [-0.05, 0) is 48.9 Å². The minimum atomic E-state index is -0.306. The van der Waals surface area contributed by atoms with Crippen molar-refractivity contribution in [3.8, 4) is 11.5 Å². The van der Waals surface area contributed by atoms with Gasteiger partial charge in [0.05, 0.1) is 17.3 Å². The molecule has 0 saturated heterocycles. The largest absolute Gasteiger partial charge is 0.489 e. The van der Waals surface area contributed by atoms with Crippen molar-refractivity contribution in [3.63, 3.8) is 0 Å². The summed E-state index contributed by atoms with van der Waals surface area (Å²) in [6.45, 7) is 2.64. The number of benzene rings is 2. The molecule has 6 nitrogen and oxygen atoms in total. The fourth-order valence-electron chi connectivity index (χ4n) is 2.65. The lowest BCUT2D eigenvalue weighted by molar-refractivity contribution is -0.118. The molecule has 1 heterocycles. The van der Waals surface area contributed by atoms with Crippen molar-refractivity contribution in [2.75, 3.05) is 32.2 Å². The molecule has 1 aromatic heterocycles. The highest BCUT2D eigenvalue weighted by molar-refractivity contribution is 6.35. The number of aryl methyl sites for hydroxylation is 1. The van der Waals surface area contributed by atoms with Crippen molar-refractivity contribution in [3.05, 3.63) is 59.2 Å². The van der Waals surface area contributed by atoms with E-state index in [0.717, 1.165) is 10.9 Å². The topological polar surface area (TPSA) is 69.7 Å². The molecular weight excluding hydrogens is 380 g/mol. The molecule has 146 valence electrons. The smallest absolute Gasteiger partial charge is 0.262 e. The van der Waals surface area contributed by atoms with Crippen LogP contribution in [-0.4, -0.2) is 37.8 Å². The van der Waals surface area contributed by atoms with E-state index in [4.69, 9.17) is 25.8 Å². The first-order chi connectivity index (χ1) is 13.6. The first-order valence-corrected chi connectivity index (χ1v) is 9.14. The molecule has 3 aromatic rings. The standard InChI is InChI=1S/C21H21ClN2O4/c1-14-5-7-17(19(12-14)27-11-10-26-2)24-20(25)13-28-18-8-6-16(22)15-4-3-9-23-21(15)18/h3-9,12H,10-11,13H2,1-2H3,(H,24,25). The van der Waals surface area contributed by atoms with Crippen LogP contribution in [0.2, 0.25) is 5.02 Å². The van der Waals surface area contributed by atoms with Crippen molar-refractivity contribution in [1.82, 2.24) is 4.98 Å². The van der Waals surface area contributed by atoms with Gasteiger partial charge < -0.3 is 19.5 Å². The number of fused-ring (bicyclic) bond motifs is 1. The third-order valence-corrected chi connectivity index (χ3v) is 4.32. The summed E-state index contributed by atoms with van der Waals surface area (Å²) in [5.41, 5.74) is 2.22. The Kier molecular flexibility index (Phi) is 6.68. The second-order valence-electron chi connectivity index (χ2n) is 6.12. The molecule has 0 spiro atoms. The Morgan fingerprint density at radius 3 is 2.79 bits per heavy atom. The minimum Gasteiger partial charge on any atom is -0.489 e. The summed E-state index contributed by atoms with van der Waals surface area (Å²) in [4.78, 5) is 16.7. The predicted molar refractivity (Wildman–Crippen MR) is 109 cm³/mol. The minimum absolute atomic E-state index is 0.168. The summed E-state index contributed by atoms with van der Waals surface area (Å²) in [5, 5.41) is 4.17. The lowest BCUT2D eigenvalue weighted by Gasteiger charge is -2.14. The highest BCUT2D eigenvalue weighted by atomic mass is 35.5. The molecule has 0 aliphatic carbocycles. The Morgan fingerprint density at radius 1 is 1.11 bits per heavy atom. The zero-order valence-corrected chi connectivity index (χ0v) is 16.5. The molecular formula is C21H21ClN2O4. The number of amides is 1. The number of nitrogens with one attached hydrogen (secondary N) is 1. The van der Waals surface area contributed by atoms with Gasteiger partial charge in [0.1, 0.15) is 23.6 Å². The van der Waals surface area contributed by atoms with E-state index in [1.54, 1.807) is 37.6 Å². The summed E-state index contributed by atoms with van der Waals surface area (Å²) in [6, 6.07) is 12.6. The molecule has 0 bridgehead atoms. The quantitative estimate of drug-likeness (QED) is 0.573. The van der Waals surface area contributed by atoms with E-state index in [0.29, 0.717) is 40.9 Å². The molecule has 0 atom stereocenters. The van der Waals surface area contributed by atoms with Crippen LogP contribution in [0.25, 0.3) is 10.9 Å². The average molecular weight is 401 g/mol. The Morgan fingerprint density at radius 2 is 1.96 bits per heavy atom. The van der Waals surface area contributed by atoms with Crippen molar-refractivity contribution < 1.29 is 19.0 Å². The zero-order chi connectivity index (χ0) is 19.9. The first kappa shape index (κ1) is 19.9. The molecule has 0 aliphatic rings. The van der Waals surface area contributed by atoms with E-state index < -0.39 is 0 Å². The van der Waals surface area contributed by atoms with E-state index in [-0.39, 0.29) is 12.5 Å². The maximum atomic E-state index is 12.4. The van der Waals surface area contributed by atoms with Crippen LogP contribution in [0, 0.1) is 6.92 Å². The number of nitrogens with zero attached hydrogens (tertiary/aromatic N) is 1. The maximum Gasteiger partial charge on any atom is 0.262 e. The molecule has 2 aromatic carbocycles. The van der Waals surface area contributed by atoms with Gasteiger partial charge in [-0.2, -0.15) is 0 Å². The molecule has 0 unspecified atom stereocenters. The van der Waals surface area contributed by atoms with Gasteiger partial charge in [0.25, 0.3) is 5.91 Å². The fraction of sp³-hybridized carbons (Fsp3) is 0.238. The molecule has 28 heavy (non-hydrogen) atoms. The number of hydrogen-bond acceptors (Lipinski definition) is 5. The molecule has 7 heteroatoms. The van der Waals surface area contributed by atoms with Crippen molar-refractivity contribution in [2.24, 2.45) is 0 Å². The monoisotopic (exact) mass is 400 g/mol. The van der Waals surface area contributed by atoms with Gasteiger partial charge in [-0.3, -0.25) is 9.78 Å². The molecule has 0 radical (unpaired) electrons. The highest BCUT2D eigenvalue weighted by Gasteiger charge is 2.12. The molecule has 0 aliphatic heterocycles. The highest BCUT2D eigenvalue weighted by Crippen LogP contribution is 2.30. The SMILES string of the molecule is COCCOc1cc(C)ccc1NC(=O)COc1ccc(Cl)c2cccnc12. The summed E-state index contributed by atoms with van der Waals surface area (Å²) < 4.78 is 16.4. The van der Waals surface area contributed by atoms with Gasteiger partial charge in [-0.25, -0.2) is 0 Å². The second kappa shape index (κ2) is 9.39. The lowest BCUT2D eigenvalue weighted by atomic mass is 10.2. The van der Waals surface area contributed by atoms with Gasteiger partial charge >= 0.3 is 0 Å². The van der Waals surface area contributed by atoms with E-state index in [9.17, 15) is 4.79 Å². The number of pyridine rings is 1. The maximum absolute atomic E-state index is 12.4. The van der Waals surface area contributed by atoms with Crippen LogP contribution < -0.4 is 14.8 Å². The van der Waals surface area contributed by atoms with Crippen molar-refractivity contribution >= 4 is 34.1 Å². The molecule has 0 fully saturated rings. The van der Waals surface area contributed by atoms with Crippen LogP contribution in [0.3, 0.4) is 0 Å². The van der Waals surface area contributed by atoms with Gasteiger partial charge in [0.2, 0.25) is 0 Å². The number of aromatic nitrogens is 1. The number of carbonyl (C=O) groups is 1. The average Bonchev–Trinajstić information content (AvgIpc) is 2.70. The Labute approximate surface area is 168 Å². The number of hydrogen-bond donors (Lipinski definition) is 1. The second-order valence-corrected chi connectivity index (χ2v) is 6.53. The lowest BCUT2D eigenvalue weighted by Crippen LogP contribution is -2.21. The van der Waals surface area contributed by atoms with Crippen LogP contribution in [0.1, 0.15) is 5.56 Å². The van der Waals surface area contributed by atoms with Gasteiger partial charge in [-0.15, -0.1) is 0 Å². The molecule has 3 rings (SSSR count). The number of carbonyl (C=O) groups excluding carboxylic acids is 1. The van der Waals surface area contributed by atoms with Crippen LogP contribution in [0.15, 0.2) is 48.7 Å². The summed E-state index contributed by atoms with van der Waals surface area (Å²) >= 11 is 6.18. The summed E-state index contributed by atoms with van der Waals surface area (Å²) in [5.74, 6) is 0.777. The van der Waals surface area contributed by atoms with Crippen LogP contribution in [-0.2, 0) is 9.53 Å². The Bertz CT molecular complexity index is 978. The van der Waals surface area contributed by atoms with E-state index in [1.807, 2.05) is 25.1 Å². The van der Waals surface area contributed by atoms with Crippen molar-refractivity contribution in [1.29, 1.82) is 0 Å². The normalized spacial score (nSPS) is 10.7. The van der Waals surface area contributed by atoms with E-state index in [1.165, 1.54) is 0 Å². The Hall–Kier alpha value is -2.83. The predicted octanol–water partition coefficient (Wildman–Crippen LogP) is 4.24. The number of halogens is 1. The van der Waals surface area contributed by atoms with Crippen LogP contribution in [0.5, 0.6) is 11.5 Å². The summed E-state index contributed by atoms with van der Waals surface area (Å²) in [6.07, 6.45) is 1.65. The number of methoxy groups -OCH3 is 1. The van der Waals surface area contributed by atoms with Gasteiger partial charge in [-0.1, -0.05) is 17.7 Å². The van der Waals surface area contributed by atoms with Gasteiger partial charge in [0.15, 0.2) is 6.61 Å². The summed E-state index contributed by atoms with van der Waals surface area (Å²) in [7, 11) is 1.61. The fourth-order valence-corrected chi connectivity index (χ4v) is 2.86. The zero-order valence-electron chi connectivity index (χ0n) is 15.7. The molecule has 0 saturated carbocycles. The third kappa shape index (κ3) is 4.91. The Balaban J connectivity index is 1.68.